The van der Waals surface area contributed by atoms with Gasteiger partial charge in [-0.25, -0.2) is 4.79 Å². The van der Waals surface area contributed by atoms with Crippen LogP contribution in [-0.2, 0) is 11.2 Å². The molecule has 0 atom stereocenters. The topological polar surface area (TPSA) is 70.3 Å². The maximum absolute atomic E-state index is 10.3. The summed E-state index contributed by atoms with van der Waals surface area (Å²) < 4.78 is 5.00. The number of rotatable bonds is 4. The number of carbonyl (C=O) groups is 1. The van der Waals surface area contributed by atoms with Gasteiger partial charge in [0.25, 0.3) is 0 Å². The van der Waals surface area contributed by atoms with E-state index in [4.69, 9.17) is 15.1 Å². The molecule has 14 heavy (non-hydrogen) atoms. The Morgan fingerprint density at radius 3 is 2.86 bits per heavy atom. The highest BCUT2D eigenvalue weighted by Gasteiger charge is 2.04. The second-order valence-electron chi connectivity index (χ2n) is 2.63. The van der Waals surface area contributed by atoms with E-state index in [1.165, 1.54) is 0 Å². The van der Waals surface area contributed by atoms with Gasteiger partial charge in [-0.05, 0) is 6.07 Å². The Kier molecular flexibility index (Phi) is 3.50. The summed E-state index contributed by atoms with van der Waals surface area (Å²) in [5.41, 5.74) is 0.705. The first-order valence-corrected chi connectivity index (χ1v) is 4.03. The summed E-state index contributed by atoms with van der Waals surface area (Å²) >= 11 is 0. The Labute approximate surface area is 81.4 Å². The number of carboxylic acids is 1. The maximum atomic E-state index is 10.3. The van der Waals surface area contributed by atoms with Crippen molar-refractivity contribution in [2.24, 2.45) is 0 Å². The molecule has 0 aromatic heterocycles. The fourth-order valence-corrected chi connectivity index (χ4v) is 1.02. The molecule has 0 bridgehead atoms. The number of benzene rings is 1. The zero-order chi connectivity index (χ0) is 10.4. The summed E-state index contributed by atoms with van der Waals surface area (Å²) in [6.45, 7) is -0.386. The molecule has 0 heterocycles. The van der Waals surface area contributed by atoms with Crippen LogP contribution in [0, 0.1) is 11.3 Å². The van der Waals surface area contributed by atoms with E-state index in [0.717, 1.165) is 0 Å². The fraction of sp³-hybridized carbons (Fsp3) is 0.200. The summed E-state index contributed by atoms with van der Waals surface area (Å²) in [5, 5.41) is 16.9. The van der Waals surface area contributed by atoms with Crippen LogP contribution in [0.4, 0.5) is 0 Å². The first-order chi connectivity index (χ1) is 6.74. The van der Waals surface area contributed by atoms with Crippen molar-refractivity contribution in [1.82, 2.24) is 0 Å². The second kappa shape index (κ2) is 4.87. The quantitative estimate of drug-likeness (QED) is 0.776. The van der Waals surface area contributed by atoms with Crippen molar-refractivity contribution >= 4 is 5.97 Å². The molecule has 0 aliphatic heterocycles. The lowest BCUT2D eigenvalue weighted by Crippen LogP contribution is -2.10. The number of nitrogens with zero attached hydrogens (tertiary/aromatic N) is 1. The van der Waals surface area contributed by atoms with Crippen molar-refractivity contribution in [3.63, 3.8) is 0 Å². The monoisotopic (exact) mass is 191 g/mol. The lowest BCUT2D eigenvalue weighted by molar-refractivity contribution is -0.139. The average molecular weight is 191 g/mol. The molecule has 72 valence electrons. The minimum atomic E-state index is -1.03. The van der Waals surface area contributed by atoms with E-state index in [9.17, 15) is 4.79 Å². The average Bonchev–Trinajstić information content (AvgIpc) is 2.17. The predicted octanol–water partition coefficient (Wildman–Crippen LogP) is 1.22. The number of para-hydroxylation sites is 1. The van der Waals surface area contributed by atoms with Gasteiger partial charge in [0.1, 0.15) is 5.75 Å². The molecular weight excluding hydrogens is 182 g/mol. The van der Waals surface area contributed by atoms with Crippen LogP contribution < -0.4 is 4.74 Å². The molecule has 1 aromatic carbocycles. The minimum absolute atomic E-state index is 0.218. The molecule has 1 aromatic rings. The lowest BCUT2D eigenvalue weighted by atomic mass is 10.1. The van der Waals surface area contributed by atoms with Crippen molar-refractivity contribution in [3.8, 4) is 11.8 Å². The molecule has 0 amide bonds. The molecular formula is C10H9NO3. The van der Waals surface area contributed by atoms with Gasteiger partial charge in [0.2, 0.25) is 0 Å². The molecule has 0 aliphatic rings. The molecule has 4 nitrogen and oxygen atoms in total. The van der Waals surface area contributed by atoms with E-state index in [2.05, 4.69) is 0 Å². The molecule has 0 spiro atoms. The third kappa shape index (κ3) is 2.79. The molecule has 0 unspecified atom stereocenters. The van der Waals surface area contributed by atoms with Gasteiger partial charge < -0.3 is 9.84 Å². The second-order valence-corrected chi connectivity index (χ2v) is 2.63. The molecule has 0 radical (unpaired) electrons. The van der Waals surface area contributed by atoms with Crippen LogP contribution >= 0.6 is 0 Å². The highest BCUT2D eigenvalue weighted by atomic mass is 16.5. The Bertz CT molecular complexity index is 368. The summed E-state index contributed by atoms with van der Waals surface area (Å²) in [4.78, 5) is 10.3. The van der Waals surface area contributed by atoms with E-state index in [1.54, 1.807) is 24.3 Å². The first-order valence-electron chi connectivity index (χ1n) is 4.03. The summed E-state index contributed by atoms with van der Waals surface area (Å²) in [6, 6.07) is 8.88. The predicted molar refractivity (Wildman–Crippen MR) is 48.9 cm³/mol. The van der Waals surface area contributed by atoms with Gasteiger partial charge in [0, 0.05) is 5.56 Å². The van der Waals surface area contributed by atoms with Crippen molar-refractivity contribution in [2.75, 3.05) is 6.61 Å². The highest BCUT2D eigenvalue weighted by Crippen LogP contribution is 2.17. The first kappa shape index (κ1) is 10.1. The lowest BCUT2D eigenvalue weighted by Gasteiger charge is -2.06. The fourth-order valence-electron chi connectivity index (χ4n) is 1.02. The third-order valence-corrected chi connectivity index (χ3v) is 1.59. The van der Waals surface area contributed by atoms with Gasteiger partial charge in [0.15, 0.2) is 6.61 Å². The normalized spacial score (nSPS) is 9.07. The Balaban J connectivity index is 2.74. The van der Waals surface area contributed by atoms with E-state index in [1.807, 2.05) is 6.07 Å². The van der Waals surface area contributed by atoms with Gasteiger partial charge in [-0.1, -0.05) is 18.2 Å². The van der Waals surface area contributed by atoms with Crippen LogP contribution in [0.2, 0.25) is 0 Å². The van der Waals surface area contributed by atoms with Crippen LogP contribution in [0.5, 0.6) is 5.75 Å². The van der Waals surface area contributed by atoms with Gasteiger partial charge in [-0.2, -0.15) is 5.26 Å². The summed E-state index contributed by atoms with van der Waals surface area (Å²) in [5.74, 6) is -0.576. The number of hydrogen-bond acceptors (Lipinski definition) is 3. The van der Waals surface area contributed by atoms with E-state index in [-0.39, 0.29) is 13.0 Å². The van der Waals surface area contributed by atoms with Gasteiger partial charge in [0.05, 0.1) is 12.5 Å². The number of carboxylic acid groups (broad SMARTS) is 1. The number of hydrogen-bond donors (Lipinski definition) is 1. The third-order valence-electron chi connectivity index (χ3n) is 1.59. The van der Waals surface area contributed by atoms with Gasteiger partial charge >= 0.3 is 5.97 Å². The molecule has 4 heteroatoms. The minimum Gasteiger partial charge on any atom is -0.482 e. The standard InChI is InChI=1S/C10H9NO3/c11-6-5-8-3-1-2-4-9(8)14-7-10(12)13/h1-4H,5,7H2,(H,12,13). The summed E-state index contributed by atoms with van der Waals surface area (Å²) in [6.07, 6.45) is 0.218. The zero-order valence-electron chi connectivity index (χ0n) is 7.43. The van der Waals surface area contributed by atoms with Gasteiger partial charge in [-0.3, -0.25) is 0 Å². The van der Waals surface area contributed by atoms with Crippen molar-refractivity contribution in [1.29, 1.82) is 5.26 Å². The largest absolute Gasteiger partial charge is 0.482 e. The zero-order valence-corrected chi connectivity index (χ0v) is 7.43. The smallest absolute Gasteiger partial charge is 0.341 e. The van der Waals surface area contributed by atoms with Crippen LogP contribution in [0.25, 0.3) is 0 Å². The van der Waals surface area contributed by atoms with Crippen molar-refractivity contribution < 1.29 is 14.6 Å². The molecule has 1 rings (SSSR count). The van der Waals surface area contributed by atoms with Crippen LogP contribution in [0.15, 0.2) is 24.3 Å². The van der Waals surface area contributed by atoms with Crippen LogP contribution in [0.3, 0.4) is 0 Å². The molecule has 0 aliphatic carbocycles. The van der Waals surface area contributed by atoms with E-state index >= 15 is 0 Å². The van der Waals surface area contributed by atoms with Crippen molar-refractivity contribution in [2.45, 2.75) is 6.42 Å². The van der Waals surface area contributed by atoms with Gasteiger partial charge in [-0.15, -0.1) is 0 Å². The number of aliphatic carboxylic acids is 1. The Morgan fingerprint density at radius 1 is 1.50 bits per heavy atom. The molecule has 0 fully saturated rings. The molecule has 0 saturated heterocycles. The van der Waals surface area contributed by atoms with E-state index in [0.29, 0.717) is 11.3 Å². The Morgan fingerprint density at radius 2 is 2.21 bits per heavy atom. The highest BCUT2D eigenvalue weighted by molar-refractivity contribution is 5.68. The van der Waals surface area contributed by atoms with E-state index < -0.39 is 5.97 Å². The van der Waals surface area contributed by atoms with Crippen molar-refractivity contribution in [3.05, 3.63) is 29.8 Å². The number of ether oxygens (including phenoxy) is 1. The Hall–Kier alpha value is -2.02. The molecule has 0 saturated carbocycles. The number of nitriles is 1. The SMILES string of the molecule is N#CCc1ccccc1OCC(=O)O. The molecule has 1 N–H and O–H groups in total. The summed E-state index contributed by atoms with van der Waals surface area (Å²) in [7, 11) is 0. The van der Waals surface area contributed by atoms with Crippen LogP contribution in [0.1, 0.15) is 5.56 Å². The van der Waals surface area contributed by atoms with Crippen LogP contribution in [-0.4, -0.2) is 17.7 Å². The maximum Gasteiger partial charge on any atom is 0.341 e.